The van der Waals surface area contributed by atoms with Crippen molar-refractivity contribution in [2.24, 2.45) is 0 Å². The lowest BCUT2D eigenvalue weighted by molar-refractivity contribution is 0.0623. The molecule has 2 aliphatic heterocycles. The molecule has 1 saturated heterocycles. The van der Waals surface area contributed by atoms with Crippen molar-refractivity contribution in [1.29, 1.82) is 0 Å². The smallest absolute Gasteiger partial charge is 0.246 e. The summed E-state index contributed by atoms with van der Waals surface area (Å²) in [6.07, 6.45) is 4.42. The number of sulfonamides is 1. The van der Waals surface area contributed by atoms with Gasteiger partial charge in [0.1, 0.15) is 16.2 Å². The zero-order valence-corrected chi connectivity index (χ0v) is 14.9. The van der Waals surface area contributed by atoms with Crippen LogP contribution in [0.25, 0.3) is 0 Å². The molecule has 0 aliphatic carbocycles. The Hall–Kier alpha value is -1.96. The van der Waals surface area contributed by atoms with Gasteiger partial charge < -0.3 is 4.74 Å². The molecule has 0 bridgehead atoms. The van der Waals surface area contributed by atoms with E-state index < -0.39 is 15.6 Å². The minimum atomic E-state index is -3.52. The largest absolute Gasteiger partial charge is 0.483 e. The van der Waals surface area contributed by atoms with Crippen LogP contribution in [0.15, 0.2) is 53.7 Å². The Kier molecular flexibility index (Phi) is 4.02. The number of rotatable bonds is 2. The number of pyridine rings is 1. The van der Waals surface area contributed by atoms with Gasteiger partial charge in [-0.1, -0.05) is 18.2 Å². The molecule has 1 fully saturated rings. The maximum Gasteiger partial charge on any atom is 0.246 e. The maximum absolute atomic E-state index is 12.8. The maximum atomic E-state index is 12.8. The van der Waals surface area contributed by atoms with Gasteiger partial charge in [-0.3, -0.25) is 9.88 Å². The molecule has 0 amide bonds. The number of nitrogens with zero attached hydrogens (tertiary/aromatic N) is 3. The van der Waals surface area contributed by atoms with Gasteiger partial charge >= 0.3 is 0 Å². The SMILES string of the molecule is CN1CC2(CCN(Cc3cccnc3)C2)Oc2ccccc2S1(=O)=O. The Morgan fingerprint density at radius 1 is 1.20 bits per heavy atom. The second-order valence-corrected chi connectivity index (χ2v) is 8.83. The van der Waals surface area contributed by atoms with Crippen LogP contribution in [0, 0.1) is 0 Å². The van der Waals surface area contributed by atoms with Crippen molar-refractivity contribution in [3.05, 3.63) is 54.4 Å². The minimum absolute atomic E-state index is 0.250. The van der Waals surface area contributed by atoms with E-state index in [9.17, 15) is 8.42 Å². The Bertz CT molecular complexity index is 872. The van der Waals surface area contributed by atoms with Crippen LogP contribution in [-0.4, -0.2) is 54.9 Å². The molecule has 25 heavy (non-hydrogen) atoms. The van der Waals surface area contributed by atoms with Crippen molar-refractivity contribution in [3.63, 3.8) is 0 Å². The molecule has 1 aromatic carbocycles. The molecule has 1 atom stereocenters. The van der Waals surface area contributed by atoms with Crippen molar-refractivity contribution in [2.45, 2.75) is 23.5 Å². The highest BCUT2D eigenvalue weighted by atomic mass is 32.2. The molecule has 1 aromatic heterocycles. The van der Waals surface area contributed by atoms with Gasteiger partial charge in [-0.05, 0) is 23.8 Å². The molecule has 1 unspecified atom stereocenters. The lowest BCUT2D eigenvalue weighted by Gasteiger charge is -2.30. The summed E-state index contributed by atoms with van der Waals surface area (Å²) in [5.41, 5.74) is 0.630. The van der Waals surface area contributed by atoms with E-state index in [4.69, 9.17) is 4.74 Å². The molecular weight excluding hydrogens is 338 g/mol. The molecule has 6 nitrogen and oxygen atoms in total. The molecule has 1 spiro atoms. The Morgan fingerprint density at radius 2 is 2.04 bits per heavy atom. The zero-order valence-electron chi connectivity index (χ0n) is 14.1. The number of ether oxygens (including phenoxy) is 1. The molecular formula is C18H21N3O3S. The van der Waals surface area contributed by atoms with Crippen molar-refractivity contribution in [2.75, 3.05) is 26.7 Å². The van der Waals surface area contributed by atoms with Crippen LogP contribution in [0.3, 0.4) is 0 Å². The number of fused-ring (bicyclic) bond motifs is 1. The summed E-state index contributed by atoms with van der Waals surface area (Å²) < 4.78 is 33.2. The van der Waals surface area contributed by atoms with Gasteiger partial charge in [0.05, 0.1) is 6.54 Å². The summed E-state index contributed by atoms with van der Waals surface area (Å²) in [5.74, 6) is 0.454. The van der Waals surface area contributed by atoms with Gasteiger partial charge in [-0.2, -0.15) is 4.31 Å². The first-order valence-corrected chi connectivity index (χ1v) is 9.78. The highest BCUT2D eigenvalue weighted by Crippen LogP contribution is 2.37. The molecule has 132 valence electrons. The summed E-state index contributed by atoms with van der Waals surface area (Å²) in [4.78, 5) is 6.71. The molecule has 0 radical (unpaired) electrons. The van der Waals surface area contributed by atoms with Crippen molar-refractivity contribution >= 4 is 10.0 Å². The molecule has 4 rings (SSSR count). The average molecular weight is 359 g/mol. The minimum Gasteiger partial charge on any atom is -0.483 e. The van der Waals surface area contributed by atoms with Gasteiger partial charge in [-0.25, -0.2) is 8.42 Å². The Morgan fingerprint density at radius 3 is 2.84 bits per heavy atom. The predicted molar refractivity (Wildman–Crippen MR) is 93.7 cm³/mol. The summed E-state index contributed by atoms with van der Waals surface area (Å²) in [7, 11) is -1.89. The van der Waals surface area contributed by atoms with Crippen LogP contribution in [0.2, 0.25) is 0 Å². The van der Waals surface area contributed by atoms with Gasteiger partial charge in [0.15, 0.2) is 0 Å². The fourth-order valence-corrected chi connectivity index (χ4v) is 5.05. The van der Waals surface area contributed by atoms with Gasteiger partial charge in [0.25, 0.3) is 0 Å². The third-order valence-electron chi connectivity index (χ3n) is 4.90. The molecule has 3 heterocycles. The first-order valence-electron chi connectivity index (χ1n) is 8.34. The second kappa shape index (κ2) is 6.09. The number of aromatic nitrogens is 1. The molecule has 0 N–H and O–H groups in total. The Labute approximate surface area is 148 Å². The normalized spacial score (nSPS) is 26.1. The Balaban J connectivity index is 1.61. The van der Waals surface area contributed by atoms with Gasteiger partial charge in [-0.15, -0.1) is 0 Å². The van der Waals surface area contributed by atoms with E-state index in [0.29, 0.717) is 18.8 Å². The summed E-state index contributed by atoms with van der Waals surface area (Å²) in [6, 6.07) is 10.9. The predicted octanol–water partition coefficient (Wildman–Crippen LogP) is 1.74. The van der Waals surface area contributed by atoms with Crippen molar-refractivity contribution in [1.82, 2.24) is 14.2 Å². The molecule has 2 aliphatic rings. The number of hydrogen-bond acceptors (Lipinski definition) is 5. The molecule has 7 heteroatoms. The van der Waals surface area contributed by atoms with Crippen LogP contribution < -0.4 is 4.74 Å². The van der Waals surface area contributed by atoms with Crippen LogP contribution in [-0.2, 0) is 16.6 Å². The van der Waals surface area contributed by atoms with E-state index in [1.165, 1.54) is 4.31 Å². The first kappa shape index (κ1) is 16.5. The fraction of sp³-hybridized carbons (Fsp3) is 0.389. The van der Waals surface area contributed by atoms with Crippen LogP contribution in [0.5, 0.6) is 5.75 Å². The summed E-state index contributed by atoms with van der Waals surface area (Å²) in [6.45, 7) is 2.70. The number of likely N-dealkylation sites (tertiary alicyclic amines) is 1. The highest BCUT2D eigenvalue weighted by Gasteiger charge is 2.46. The third kappa shape index (κ3) is 3.03. The van der Waals surface area contributed by atoms with Crippen molar-refractivity contribution < 1.29 is 13.2 Å². The van der Waals surface area contributed by atoms with E-state index in [1.54, 1.807) is 31.4 Å². The molecule has 0 saturated carbocycles. The van der Waals surface area contributed by atoms with E-state index in [1.807, 2.05) is 18.3 Å². The quantitative estimate of drug-likeness (QED) is 0.817. The number of hydrogen-bond donors (Lipinski definition) is 0. The standard InChI is InChI=1S/C18H21N3O3S/c1-20-13-18(24-16-6-2-3-7-17(16)25(20,22)23)8-10-21(14-18)12-15-5-4-9-19-11-15/h2-7,9,11H,8,10,12-14H2,1H3. The van der Waals surface area contributed by atoms with E-state index in [-0.39, 0.29) is 4.90 Å². The van der Waals surface area contributed by atoms with Gasteiger partial charge in [0, 0.05) is 45.5 Å². The topological polar surface area (TPSA) is 62.7 Å². The monoisotopic (exact) mass is 359 g/mol. The zero-order chi connectivity index (χ0) is 17.5. The van der Waals surface area contributed by atoms with Crippen LogP contribution >= 0.6 is 0 Å². The van der Waals surface area contributed by atoms with Crippen molar-refractivity contribution in [3.8, 4) is 5.75 Å². The average Bonchev–Trinajstić information content (AvgIpc) is 2.94. The van der Waals surface area contributed by atoms with E-state index >= 15 is 0 Å². The fourth-order valence-electron chi connectivity index (χ4n) is 3.70. The number of para-hydroxylation sites is 1. The van der Waals surface area contributed by atoms with Gasteiger partial charge in [0.2, 0.25) is 10.0 Å². The lowest BCUT2D eigenvalue weighted by atomic mass is 10.0. The first-order chi connectivity index (χ1) is 12.0. The summed E-state index contributed by atoms with van der Waals surface area (Å²) >= 11 is 0. The van der Waals surface area contributed by atoms with E-state index in [0.717, 1.165) is 25.1 Å². The molecule has 2 aromatic rings. The summed E-state index contributed by atoms with van der Waals surface area (Å²) in [5, 5.41) is 0. The number of benzene rings is 1. The van der Waals surface area contributed by atoms with E-state index in [2.05, 4.69) is 16.0 Å². The third-order valence-corrected chi connectivity index (χ3v) is 6.74. The number of likely N-dealkylation sites (N-methyl/N-ethyl adjacent to an activating group) is 1. The lowest BCUT2D eigenvalue weighted by Crippen LogP contribution is -2.47. The highest BCUT2D eigenvalue weighted by molar-refractivity contribution is 7.89. The van der Waals surface area contributed by atoms with Crippen LogP contribution in [0.4, 0.5) is 0 Å². The van der Waals surface area contributed by atoms with Crippen LogP contribution in [0.1, 0.15) is 12.0 Å². The second-order valence-electron chi connectivity index (χ2n) is 6.81.